The molecule has 0 aliphatic carbocycles. The molecule has 0 N–H and O–H groups in total. The quantitative estimate of drug-likeness (QED) is 0.816. The Labute approximate surface area is 118 Å². The molecule has 0 radical (unpaired) electrons. The van der Waals surface area contributed by atoms with Gasteiger partial charge in [-0.25, -0.2) is 0 Å². The highest BCUT2D eigenvalue weighted by Crippen LogP contribution is 2.37. The van der Waals surface area contributed by atoms with E-state index in [1.807, 2.05) is 11.0 Å². The van der Waals surface area contributed by atoms with Crippen molar-refractivity contribution in [3.63, 3.8) is 0 Å². The molecule has 2 saturated heterocycles. The molecule has 1 aromatic heterocycles. The summed E-state index contributed by atoms with van der Waals surface area (Å²) < 4.78 is 13.2. The number of hydrogen-bond acceptors (Lipinski definition) is 4. The van der Waals surface area contributed by atoms with Gasteiger partial charge in [0, 0.05) is 39.2 Å². The maximum absolute atomic E-state index is 12.3. The lowest BCUT2D eigenvalue weighted by Crippen LogP contribution is -2.57. The van der Waals surface area contributed by atoms with Crippen LogP contribution in [0.2, 0.25) is 0 Å². The zero-order chi connectivity index (χ0) is 14.0. The van der Waals surface area contributed by atoms with Crippen LogP contribution < -0.4 is 0 Å². The Bertz CT molecular complexity index is 454. The molecule has 0 bridgehead atoms. The third-order valence-corrected chi connectivity index (χ3v) is 4.41. The normalized spacial score (nSPS) is 30.1. The van der Waals surface area contributed by atoms with Gasteiger partial charge in [0.1, 0.15) is 12.6 Å². The zero-order valence-electron chi connectivity index (χ0n) is 11.8. The zero-order valence-corrected chi connectivity index (χ0v) is 11.8. The molecule has 1 spiro atoms. The Hall–Kier alpha value is -1.40. The maximum Gasteiger partial charge on any atom is 0.244 e. The number of methoxy groups -OCH3 is 1. The molecule has 6 heteroatoms. The lowest BCUT2D eigenvalue weighted by molar-refractivity contribution is -0.159. The molecule has 2 aliphatic heterocycles. The summed E-state index contributed by atoms with van der Waals surface area (Å²) in [6.07, 6.45) is 6.43. The molecule has 0 unspecified atom stereocenters. The van der Waals surface area contributed by atoms with Gasteiger partial charge in [-0.15, -0.1) is 0 Å². The molecule has 2 fully saturated rings. The first-order chi connectivity index (χ1) is 9.73. The fourth-order valence-corrected chi connectivity index (χ4v) is 3.26. The molecular formula is C14H21N3O3. The lowest BCUT2D eigenvalue weighted by atomic mass is 9.86. The second kappa shape index (κ2) is 5.54. The van der Waals surface area contributed by atoms with Crippen LogP contribution in [0.3, 0.4) is 0 Å². The summed E-state index contributed by atoms with van der Waals surface area (Å²) >= 11 is 0. The topological polar surface area (TPSA) is 56.6 Å². The summed E-state index contributed by atoms with van der Waals surface area (Å²) in [5.74, 6) is 0.0867. The minimum absolute atomic E-state index is 0.0275. The number of rotatable bonds is 3. The van der Waals surface area contributed by atoms with Crippen molar-refractivity contribution >= 4 is 5.91 Å². The Balaban J connectivity index is 1.64. The molecule has 110 valence electrons. The fraction of sp³-hybridized carbons (Fsp3) is 0.714. The molecule has 6 nitrogen and oxygen atoms in total. The van der Waals surface area contributed by atoms with Crippen molar-refractivity contribution in [2.24, 2.45) is 0 Å². The maximum atomic E-state index is 12.3. The van der Waals surface area contributed by atoms with Crippen LogP contribution in [0.25, 0.3) is 0 Å². The van der Waals surface area contributed by atoms with E-state index in [0.717, 1.165) is 32.4 Å². The molecule has 2 aliphatic rings. The summed E-state index contributed by atoms with van der Waals surface area (Å²) in [4.78, 5) is 14.2. The van der Waals surface area contributed by atoms with Crippen molar-refractivity contribution in [3.8, 4) is 0 Å². The van der Waals surface area contributed by atoms with E-state index in [-0.39, 0.29) is 24.2 Å². The van der Waals surface area contributed by atoms with E-state index >= 15 is 0 Å². The highest BCUT2D eigenvalue weighted by Gasteiger charge is 2.47. The molecule has 1 aromatic rings. The highest BCUT2D eigenvalue weighted by molar-refractivity contribution is 5.76. The third kappa shape index (κ3) is 2.45. The van der Waals surface area contributed by atoms with Crippen molar-refractivity contribution in [2.75, 3.05) is 26.8 Å². The van der Waals surface area contributed by atoms with Crippen molar-refractivity contribution in [3.05, 3.63) is 18.5 Å². The molecule has 2 atom stereocenters. The molecule has 1 amide bonds. The number of carbonyl (C=O) groups excluding carboxylic acids is 1. The summed E-state index contributed by atoms with van der Waals surface area (Å²) in [5.41, 5.74) is -0.169. The van der Waals surface area contributed by atoms with Crippen molar-refractivity contribution in [2.45, 2.75) is 37.5 Å². The van der Waals surface area contributed by atoms with Gasteiger partial charge in [-0.3, -0.25) is 9.48 Å². The summed E-state index contributed by atoms with van der Waals surface area (Å²) in [6, 6.07) is 1.82. The third-order valence-electron chi connectivity index (χ3n) is 4.41. The minimum atomic E-state index is -0.169. The van der Waals surface area contributed by atoms with Crippen LogP contribution in [0.1, 0.15) is 19.3 Å². The first kappa shape index (κ1) is 13.6. The predicted octanol–water partition coefficient (Wildman–Crippen LogP) is 0.680. The van der Waals surface area contributed by atoms with Crippen LogP contribution in [0.4, 0.5) is 0 Å². The smallest absolute Gasteiger partial charge is 0.244 e. The van der Waals surface area contributed by atoms with E-state index in [2.05, 4.69) is 5.10 Å². The highest BCUT2D eigenvalue weighted by atomic mass is 16.5. The van der Waals surface area contributed by atoms with Gasteiger partial charge in [0.25, 0.3) is 0 Å². The van der Waals surface area contributed by atoms with Crippen molar-refractivity contribution < 1.29 is 14.3 Å². The van der Waals surface area contributed by atoms with E-state index in [9.17, 15) is 4.79 Å². The standard InChI is InChI=1S/C14H21N3O3/c1-19-12-10-16(8-5-14(12)4-2-9-20-14)13(18)11-17-7-3-6-15-17/h3,6-7,12H,2,4-5,8-11H2,1H3/t12-,14-/m0/s1. The summed E-state index contributed by atoms with van der Waals surface area (Å²) in [5, 5.41) is 4.07. The van der Waals surface area contributed by atoms with Gasteiger partial charge in [-0.1, -0.05) is 0 Å². The molecule has 3 heterocycles. The van der Waals surface area contributed by atoms with Crippen LogP contribution in [0.5, 0.6) is 0 Å². The van der Waals surface area contributed by atoms with Gasteiger partial charge >= 0.3 is 0 Å². The van der Waals surface area contributed by atoms with Crippen LogP contribution in [-0.2, 0) is 20.8 Å². The largest absolute Gasteiger partial charge is 0.377 e. The molecule has 0 aromatic carbocycles. The van der Waals surface area contributed by atoms with E-state index < -0.39 is 0 Å². The second-order valence-corrected chi connectivity index (χ2v) is 5.53. The van der Waals surface area contributed by atoms with E-state index in [1.54, 1.807) is 24.2 Å². The van der Waals surface area contributed by atoms with E-state index in [0.29, 0.717) is 6.54 Å². The van der Waals surface area contributed by atoms with Gasteiger partial charge in [0.15, 0.2) is 0 Å². The Morgan fingerprint density at radius 2 is 2.45 bits per heavy atom. The fourth-order valence-electron chi connectivity index (χ4n) is 3.26. The number of nitrogens with zero attached hydrogens (tertiary/aromatic N) is 3. The van der Waals surface area contributed by atoms with Crippen LogP contribution in [0, 0.1) is 0 Å². The number of carbonyl (C=O) groups is 1. The van der Waals surface area contributed by atoms with Gasteiger partial charge in [0.2, 0.25) is 5.91 Å². The SMILES string of the molecule is CO[C@H]1CN(C(=O)Cn2cccn2)CC[C@@]12CCCO2. The predicted molar refractivity (Wildman–Crippen MR) is 72.1 cm³/mol. The average Bonchev–Trinajstić information content (AvgIpc) is 3.12. The number of piperidine rings is 1. The molecule has 3 rings (SSSR count). The van der Waals surface area contributed by atoms with Gasteiger partial charge in [0.05, 0.1) is 5.60 Å². The van der Waals surface area contributed by atoms with Gasteiger partial charge in [-0.2, -0.15) is 5.10 Å². The van der Waals surface area contributed by atoms with Crippen LogP contribution >= 0.6 is 0 Å². The van der Waals surface area contributed by atoms with Gasteiger partial charge in [-0.05, 0) is 25.3 Å². The average molecular weight is 279 g/mol. The van der Waals surface area contributed by atoms with Crippen molar-refractivity contribution in [1.82, 2.24) is 14.7 Å². The minimum Gasteiger partial charge on any atom is -0.377 e. The number of hydrogen-bond donors (Lipinski definition) is 0. The Morgan fingerprint density at radius 3 is 3.10 bits per heavy atom. The molecule has 20 heavy (non-hydrogen) atoms. The van der Waals surface area contributed by atoms with Crippen LogP contribution in [-0.4, -0.2) is 59.1 Å². The Kier molecular flexibility index (Phi) is 3.76. The van der Waals surface area contributed by atoms with Gasteiger partial charge < -0.3 is 14.4 Å². The molecular weight excluding hydrogens is 258 g/mol. The Morgan fingerprint density at radius 1 is 1.55 bits per heavy atom. The first-order valence-corrected chi connectivity index (χ1v) is 7.15. The molecule has 0 saturated carbocycles. The monoisotopic (exact) mass is 279 g/mol. The number of ether oxygens (including phenoxy) is 2. The van der Waals surface area contributed by atoms with Crippen LogP contribution in [0.15, 0.2) is 18.5 Å². The van der Waals surface area contributed by atoms with E-state index in [1.165, 1.54) is 0 Å². The summed E-state index contributed by atoms with van der Waals surface area (Å²) in [6.45, 7) is 2.44. The number of amides is 1. The second-order valence-electron chi connectivity index (χ2n) is 5.53. The first-order valence-electron chi connectivity index (χ1n) is 7.15. The number of aromatic nitrogens is 2. The summed E-state index contributed by atoms with van der Waals surface area (Å²) in [7, 11) is 1.70. The van der Waals surface area contributed by atoms with Crippen molar-refractivity contribution in [1.29, 1.82) is 0 Å². The lowest BCUT2D eigenvalue weighted by Gasteiger charge is -2.44. The van der Waals surface area contributed by atoms with E-state index in [4.69, 9.17) is 9.47 Å². The number of likely N-dealkylation sites (tertiary alicyclic amines) is 1.